The summed E-state index contributed by atoms with van der Waals surface area (Å²) in [5.74, 6) is 0.601. The highest BCUT2D eigenvalue weighted by Gasteiger charge is 2.15. The van der Waals surface area contributed by atoms with Gasteiger partial charge in [0, 0.05) is 17.6 Å². The molecular weight excluding hydrogens is 302 g/mol. The maximum Gasteiger partial charge on any atom is 0.415 e. The molecule has 0 saturated heterocycles. The van der Waals surface area contributed by atoms with Crippen LogP contribution in [0.3, 0.4) is 0 Å². The van der Waals surface area contributed by atoms with Gasteiger partial charge in [-0.1, -0.05) is 6.07 Å². The van der Waals surface area contributed by atoms with Gasteiger partial charge in [-0.2, -0.15) is 0 Å². The van der Waals surface area contributed by atoms with Gasteiger partial charge in [-0.3, -0.25) is 0 Å². The number of carbonyl (C=O) groups excluding carboxylic acids is 1. The molecule has 0 fully saturated rings. The van der Waals surface area contributed by atoms with E-state index in [0.29, 0.717) is 18.8 Å². The van der Waals surface area contributed by atoms with E-state index in [0.717, 1.165) is 9.37 Å². The number of nitrogens with zero attached hydrogens (tertiary/aromatic N) is 1. The summed E-state index contributed by atoms with van der Waals surface area (Å²) in [5, 5.41) is 0. The first kappa shape index (κ1) is 14.4. The number of amides is 1. The van der Waals surface area contributed by atoms with Crippen molar-refractivity contribution in [3.8, 4) is 5.75 Å². The minimum absolute atomic E-state index is 0.302. The normalized spacial score (nSPS) is 10.1. The molecule has 0 heterocycles. The third kappa shape index (κ3) is 3.64. The standard InChI is InChI=1S/C12H16BrNO2S/c1-4-14(5-2)12(15)16-10-8-6-7-9(13)11(10)17-3/h6-8H,4-5H2,1-3H3. The second-order valence-electron chi connectivity index (χ2n) is 3.31. The van der Waals surface area contributed by atoms with Gasteiger partial charge in [-0.05, 0) is 48.2 Å². The summed E-state index contributed by atoms with van der Waals surface area (Å²) in [5.41, 5.74) is 0. The van der Waals surface area contributed by atoms with E-state index in [1.54, 1.807) is 22.7 Å². The monoisotopic (exact) mass is 317 g/mol. The average Bonchev–Trinajstić information content (AvgIpc) is 2.31. The number of hydrogen-bond acceptors (Lipinski definition) is 3. The van der Waals surface area contributed by atoms with Crippen molar-refractivity contribution in [2.75, 3.05) is 19.3 Å². The van der Waals surface area contributed by atoms with Gasteiger partial charge in [-0.25, -0.2) is 4.79 Å². The lowest BCUT2D eigenvalue weighted by Gasteiger charge is -2.19. The summed E-state index contributed by atoms with van der Waals surface area (Å²) >= 11 is 4.99. The van der Waals surface area contributed by atoms with Crippen LogP contribution in [0.1, 0.15) is 13.8 Å². The highest BCUT2D eigenvalue weighted by atomic mass is 79.9. The number of ether oxygens (including phenoxy) is 1. The molecule has 1 aromatic carbocycles. The van der Waals surface area contributed by atoms with Crippen LogP contribution in [-0.2, 0) is 0 Å². The number of benzene rings is 1. The van der Waals surface area contributed by atoms with Gasteiger partial charge in [0.25, 0.3) is 0 Å². The van der Waals surface area contributed by atoms with Crippen molar-refractivity contribution in [3.05, 3.63) is 22.7 Å². The lowest BCUT2D eigenvalue weighted by Crippen LogP contribution is -2.33. The first-order valence-corrected chi connectivity index (χ1v) is 7.45. The van der Waals surface area contributed by atoms with Crippen LogP contribution in [0.25, 0.3) is 0 Å². The Labute approximate surface area is 115 Å². The van der Waals surface area contributed by atoms with Gasteiger partial charge in [-0.15, -0.1) is 11.8 Å². The van der Waals surface area contributed by atoms with E-state index in [-0.39, 0.29) is 6.09 Å². The van der Waals surface area contributed by atoms with E-state index in [2.05, 4.69) is 15.9 Å². The van der Waals surface area contributed by atoms with Crippen LogP contribution in [0.15, 0.2) is 27.6 Å². The van der Waals surface area contributed by atoms with Crippen molar-refractivity contribution in [1.82, 2.24) is 4.90 Å². The maximum atomic E-state index is 11.8. The Morgan fingerprint density at radius 3 is 2.59 bits per heavy atom. The Morgan fingerprint density at radius 2 is 2.06 bits per heavy atom. The van der Waals surface area contributed by atoms with Gasteiger partial charge in [0.15, 0.2) is 0 Å². The van der Waals surface area contributed by atoms with Crippen LogP contribution in [0, 0.1) is 0 Å². The van der Waals surface area contributed by atoms with Crippen molar-refractivity contribution in [1.29, 1.82) is 0 Å². The van der Waals surface area contributed by atoms with Crippen molar-refractivity contribution < 1.29 is 9.53 Å². The van der Waals surface area contributed by atoms with Crippen molar-refractivity contribution >= 4 is 33.8 Å². The Kier molecular flexibility index (Phi) is 5.85. The van der Waals surface area contributed by atoms with Crippen LogP contribution in [0.5, 0.6) is 5.75 Å². The average molecular weight is 318 g/mol. The first-order valence-electron chi connectivity index (χ1n) is 5.43. The second-order valence-corrected chi connectivity index (χ2v) is 4.98. The second kappa shape index (κ2) is 6.91. The highest BCUT2D eigenvalue weighted by molar-refractivity contribution is 9.10. The smallest absolute Gasteiger partial charge is 0.409 e. The van der Waals surface area contributed by atoms with E-state index in [4.69, 9.17) is 4.74 Å². The molecule has 0 saturated carbocycles. The molecule has 0 atom stereocenters. The minimum Gasteiger partial charge on any atom is -0.409 e. The van der Waals surface area contributed by atoms with Gasteiger partial charge < -0.3 is 9.64 Å². The Balaban J connectivity index is 2.88. The van der Waals surface area contributed by atoms with Crippen LogP contribution >= 0.6 is 27.7 Å². The van der Waals surface area contributed by atoms with Gasteiger partial charge in [0.05, 0.1) is 4.90 Å². The zero-order chi connectivity index (χ0) is 12.8. The molecular formula is C12H16BrNO2S. The predicted octanol–water partition coefficient (Wildman–Crippen LogP) is 4.01. The molecule has 1 rings (SSSR count). The molecule has 94 valence electrons. The fraction of sp³-hybridized carbons (Fsp3) is 0.417. The topological polar surface area (TPSA) is 29.5 Å². The lowest BCUT2D eigenvalue weighted by molar-refractivity contribution is 0.156. The summed E-state index contributed by atoms with van der Waals surface area (Å²) in [4.78, 5) is 14.4. The molecule has 5 heteroatoms. The molecule has 1 amide bonds. The summed E-state index contributed by atoms with van der Waals surface area (Å²) in [7, 11) is 0. The fourth-order valence-corrected chi connectivity index (χ4v) is 2.82. The molecule has 3 nitrogen and oxygen atoms in total. The maximum absolute atomic E-state index is 11.8. The summed E-state index contributed by atoms with van der Waals surface area (Å²) in [6.07, 6.45) is 1.65. The van der Waals surface area contributed by atoms with E-state index in [9.17, 15) is 4.79 Å². The number of carbonyl (C=O) groups is 1. The van der Waals surface area contributed by atoms with E-state index < -0.39 is 0 Å². The molecule has 0 spiro atoms. The summed E-state index contributed by atoms with van der Waals surface area (Å²) in [6, 6.07) is 5.59. The fourth-order valence-electron chi connectivity index (χ4n) is 1.41. The van der Waals surface area contributed by atoms with Crippen molar-refractivity contribution in [2.24, 2.45) is 0 Å². The molecule has 0 unspecified atom stereocenters. The number of thioether (sulfide) groups is 1. The molecule has 0 aliphatic heterocycles. The Bertz CT molecular complexity index is 394. The third-order valence-electron chi connectivity index (χ3n) is 2.35. The SMILES string of the molecule is CCN(CC)C(=O)Oc1cccc(Br)c1SC. The summed E-state index contributed by atoms with van der Waals surface area (Å²) in [6.45, 7) is 5.16. The molecule has 0 N–H and O–H groups in total. The molecule has 0 aliphatic carbocycles. The third-order valence-corrected chi connectivity index (χ3v) is 4.11. The van der Waals surface area contributed by atoms with Crippen molar-refractivity contribution in [2.45, 2.75) is 18.7 Å². The molecule has 0 bridgehead atoms. The van der Waals surface area contributed by atoms with Crippen LogP contribution in [-0.4, -0.2) is 30.3 Å². The van der Waals surface area contributed by atoms with Crippen LogP contribution in [0.2, 0.25) is 0 Å². The first-order chi connectivity index (χ1) is 8.13. The molecule has 0 radical (unpaired) electrons. The van der Waals surface area contributed by atoms with Gasteiger partial charge in [0.1, 0.15) is 5.75 Å². The Hall–Kier alpha value is -0.680. The number of hydrogen-bond donors (Lipinski definition) is 0. The molecule has 0 aliphatic rings. The molecule has 17 heavy (non-hydrogen) atoms. The largest absolute Gasteiger partial charge is 0.415 e. The Morgan fingerprint density at radius 1 is 1.41 bits per heavy atom. The zero-order valence-corrected chi connectivity index (χ0v) is 12.6. The van der Waals surface area contributed by atoms with Crippen molar-refractivity contribution in [3.63, 3.8) is 0 Å². The van der Waals surface area contributed by atoms with Crippen LogP contribution in [0.4, 0.5) is 4.79 Å². The lowest BCUT2D eigenvalue weighted by atomic mass is 10.3. The van der Waals surface area contributed by atoms with Gasteiger partial charge in [0.2, 0.25) is 0 Å². The van der Waals surface area contributed by atoms with E-state index >= 15 is 0 Å². The predicted molar refractivity (Wildman–Crippen MR) is 74.9 cm³/mol. The van der Waals surface area contributed by atoms with E-state index in [1.807, 2.05) is 32.2 Å². The van der Waals surface area contributed by atoms with E-state index in [1.165, 1.54) is 0 Å². The minimum atomic E-state index is -0.302. The quantitative estimate of drug-likeness (QED) is 0.786. The highest BCUT2D eigenvalue weighted by Crippen LogP contribution is 2.34. The van der Waals surface area contributed by atoms with Crippen LogP contribution < -0.4 is 4.74 Å². The molecule has 0 aromatic heterocycles. The number of halogens is 1. The molecule has 1 aromatic rings. The number of rotatable bonds is 4. The summed E-state index contributed by atoms with van der Waals surface area (Å²) < 4.78 is 6.34. The van der Waals surface area contributed by atoms with Gasteiger partial charge >= 0.3 is 6.09 Å². The zero-order valence-electron chi connectivity index (χ0n) is 10.2.